The Bertz CT molecular complexity index is 1080. The molecule has 1 N–H and O–H groups in total. The van der Waals surface area contributed by atoms with Gasteiger partial charge in [-0.3, -0.25) is 19.6 Å². The van der Waals surface area contributed by atoms with Crippen LogP contribution in [0.25, 0.3) is 11.1 Å². The third-order valence-electron chi connectivity index (χ3n) is 6.18. The molecule has 33 heavy (non-hydrogen) atoms. The fraction of sp³-hybridized carbons (Fsp3) is 0.333. The Hall–Kier alpha value is -3.54. The molecule has 0 radical (unpaired) electrons. The second-order valence-electron chi connectivity index (χ2n) is 9.13. The standard InChI is InChI=1S/C27H30N4O2/c1-20(2)30-26(33)27(11-14-31(19-27)25(32)15-22-5-3-12-28-17-22)16-21-7-9-23(10-8-21)24-6-4-13-29-18-24/h3-10,12-13,17-18,20H,11,14-16,19H2,1-2H3,(H,30,33)/t27-/m1/s1. The molecule has 2 aromatic heterocycles. The Morgan fingerprint density at radius 2 is 1.70 bits per heavy atom. The molecule has 0 saturated carbocycles. The van der Waals surface area contributed by atoms with E-state index >= 15 is 0 Å². The van der Waals surface area contributed by atoms with Crippen molar-refractivity contribution in [2.45, 2.75) is 39.2 Å². The van der Waals surface area contributed by atoms with E-state index in [0.29, 0.717) is 32.4 Å². The molecule has 6 heteroatoms. The molecule has 0 unspecified atom stereocenters. The van der Waals surface area contributed by atoms with Crippen molar-refractivity contribution in [2.75, 3.05) is 13.1 Å². The van der Waals surface area contributed by atoms with Crippen molar-refractivity contribution in [3.63, 3.8) is 0 Å². The predicted octanol–water partition coefficient (Wildman–Crippen LogP) is 3.67. The Labute approximate surface area is 195 Å². The summed E-state index contributed by atoms with van der Waals surface area (Å²) >= 11 is 0. The van der Waals surface area contributed by atoms with Gasteiger partial charge in [-0.05, 0) is 61.1 Å². The van der Waals surface area contributed by atoms with E-state index in [0.717, 1.165) is 22.3 Å². The minimum Gasteiger partial charge on any atom is -0.353 e. The molecule has 1 aliphatic rings. The highest BCUT2D eigenvalue weighted by atomic mass is 16.2. The summed E-state index contributed by atoms with van der Waals surface area (Å²) in [5, 5.41) is 3.10. The number of hydrogen-bond acceptors (Lipinski definition) is 4. The Morgan fingerprint density at radius 3 is 2.33 bits per heavy atom. The number of aromatic nitrogens is 2. The molecule has 1 saturated heterocycles. The summed E-state index contributed by atoms with van der Waals surface area (Å²) < 4.78 is 0. The van der Waals surface area contributed by atoms with E-state index in [-0.39, 0.29) is 17.9 Å². The lowest BCUT2D eigenvalue weighted by Crippen LogP contribution is -2.47. The molecule has 1 atom stereocenters. The van der Waals surface area contributed by atoms with Gasteiger partial charge in [0.05, 0.1) is 11.8 Å². The molecule has 1 aromatic carbocycles. The highest BCUT2D eigenvalue weighted by Crippen LogP contribution is 2.36. The van der Waals surface area contributed by atoms with Crippen molar-refractivity contribution in [3.8, 4) is 11.1 Å². The average molecular weight is 443 g/mol. The molecule has 1 aliphatic heterocycles. The first-order valence-corrected chi connectivity index (χ1v) is 11.4. The lowest BCUT2D eigenvalue weighted by molar-refractivity contribution is -0.133. The summed E-state index contributed by atoms with van der Waals surface area (Å²) in [4.78, 5) is 36.4. The second kappa shape index (κ2) is 9.94. The smallest absolute Gasteiger partial charge is 0.228 e. The molecule has 0 spiro atoms. The number of rotatable bonds is 7. The van der Waals surface area contributed by atoms with Crippen molar-refractivity contribution in [1.82, 2.24) is 20.2 Å². The number of nitrogens with zero attached hydrogens (tertiary/aromatic N) is 3. The zero-order valence-corrected chi connectivity index (χ0v) is 19.2. The minimum absolute atomic E-state index is 0.0190. The highest BCUT2D eigenvalue weighted by Gasteiger charge is 2.46. The van der Waals surface area contributed by atoms with Crippen LogP contribution < -0.4 is 5.32 Å². The highest BCUT2D eigenvalue weighted by molar-refractivity contribution is 5.86. The van der Waals surface area contributed by atoms with Crippen LogP contribution >= 0.6 is 0 Å². The summed E-state index contributed by atoms with van der Waals surface area (Å²) in [5.41, 5.74) is 3.49. The molecular weight excluding hydrogens is 412 g/mol. The van der Waals surface area contributed by atoms with Gasteiger partial charge in [0.2, 0.25) is 11.8 Å². The van der Waals surface area contributed by atoms with Crippen LogP contribution in [0.1, 0.15) is 31.4 Å². The Kier molecular flexibility index (Phi) is 6.82. The number of nitrogens with one attached hydrogen (secondary N) is 1. The molecule has 4 rings (SSSR count). The van der Waals surface area contributed by atoms with Crippen molar-refractivity contribution < 1.29 is 9.59 Å². The fourth-order valence-electron chi connectivity index (χ4n) is 4.44. The van der Waals surface area contributed by atoms with Gasteiger partial charge in [-0.1, -0.05) is 36.4 Å². The van der Waals surface area contributed by atoms with Crippen LogP contribution in [0.5, 0.6) is 0 Å². The Morgan fingerprint density at radius 1 is 0.970 bits per heavy atom. The normalized spacial score (nSPS) is 17.8. The molecule has 6 nitrogen and oxygen atoms in total. The van der Waals surface area contributed by atoms with Crippen LogP contribution in [0.3, 0.4) is 0 Å². The van der Waals surface area contributed by atoms with Gasteiger partial charge < -0.3 is 10.2 Å². The lowest BCUT2D eigenvalue weighted by atomic mass is 9.79. The van der Waals surface area contributed by atoms with Gasteiger partial charge in [0.1, 0.15) is 0 Å². The van der Waals surface area contributed by atoms with Crippen molar-refractivity contribution in [3.05, 3.63) is 84.4 Å². The van der Waals surface area contributed by atoms with Crippen molar-refractivity contribution in [1.29, 1.82) is 0 Å². The summed E-state index contributed by atoms with van der Waals surface area (Å²) in [7, 11) is 0. The van der Waals surface area contributed by atoms with E-state index in [1.165, 1.54) is 0 Å². The maximum atomic E-state index is 13.3. The van der Waals surface area contributed by atoms with E-state index in [4.69, 9.17) is 0 Å². The van der Waals surface area contributed by atoms with E-state index in [1.807, 2.05) is 49.2 Å². The zero-order valence-electron chi connectivity index (χ0n) is 19.2. The average Bonchev–Trinajstić information content (AvgIpc) is 3.26. The number of carbonyl (C=O) groups is 2. The second-order valence-corrected chi connectivity index (χ2v) is 9.13. The van der Waals surface area contributed by atoms with Gasteiger partial charge in [-0.2, -0.15) is 0 Å². The van der Waals surface area contributed by atoms with Gasteiger partial charge in [-0.25, -0.2) is 0 Å². The quantitative estimate of drug-likeness (QED) is 0.606. The summed E-state index contributed by atoms with van der Waals surface area (Å²) in [6, 6.07) is 16.0. The summed E-state index contributed by atoms with van der Waals surface area (Å²) in [6.07, 6.45) is 8.56. The SMILES string of the molecule is CC(C)NC(=O)[C@@]1(Cc2ccc(-c3cccnc3)cc2)CCN(C(=O)Cc2cccnc2)C1. The van der Waals surface area contributed by atoms with E-state index in [1.54, 1.807) is 18.6 Å². The first-order chi connectivity index (χ1) is 15.9. The van der Waals surface area contributed by atoms with Crippen LogP contribution in [-0.2, 0) is 22.4 Å². The molecule has 3 heterocycles. The van der Waals surface area contributed by atoms with E-state index in [2.05, 4.69) is 39.6 Å². The topological polar surface area (TPSA) is 75.2 Å². The first-order valence-electron chi connectivity index (χ1n) is 11.4. The zero-order chi connectivity index (χ0) is 23.3. The van der Waals surface area contributed by atoms with Gasteiger partial charge >= 0.3 is 0 Å². The van der Waals surface area contributed by atoms with Crippen LogP contribution in [0.2, 0.25) is 0 Å². The lowest BCUT2D eigenvalue weighted by Gasteiger charge is -2.29. The molecule has 1 fully saturated rings. The summed E-state index contributed by atoms with van der Waals surface area (Å²) in [6.45, 7) is 4.94. The number of pyridine rings is 2. The third kappa shape index (κ3) is 5.45. The molecule has 170 valence electrons. The van der Waals surface area contributed by atoms with E-state index in [9.17, 15) is 9.59 Å². The first kappa shape index (κ1) is 22.6. The van der Waals surface area contributed by atoms with Crippen LogP contribution in [-0.4, -0.2) is 45.8 Å². The van der Waals surface area contributed by atoms with Gasteiger partial charge in [-0.15, -0.1) is 0 Å². The van der Waals surface area contributed by atoms with Crippen molar-refractivity contribution in [2.24, 2.45) is 5.41 Å². The third-order valence-corrected chi connectivity index (χ3v) is 6.18. The predicted molar refractivity (Wildman–Crippen MR) is 128 cm³/mol. The number of likely N-dealkylation sites (tertiary alicyclic amines) is 1. The maximum absolute atomic E-state index is 13.3. The largest absolute Gasteiger partial charge is 0.353 e. The van der Waals surface area contributed by atoms with Gasteiger partial charge in [0.15, 0.2) is 0 Å². The molecule has 0 bridgehead atoms. The van der Waals surface area contributed by atoms with Gasteiger partial charge in [0.25, 0.3) is 0 Å². The number of benzene rings is 1. The Balaban J connectivity index is 1.51. The van der Waals surface area contributed by atoms with Crippen molar-refractivity contribution >= 4 is 11.8 Å². The minimum atomic E-state index is -0.634. The molecule has 0 aliphatic carbocycles. The summed E-state index contributed by atoms with van der Waals surface area (Å²) in [5.74, 6) is 0.0552. The molecule has 3 aromatic rings. The van der Waals surface area contributed by atoms with E-state index < -0.39 is 5.41 Å². The number of amides is 2. The van der Waals surface area contributed by atoms with Crippen LogP contribution in [0.4, 0.5) is 0 Å². The molecular formula is C27H30N4O2. The maximum Gasteiger partial charge on any atom is 0.228 e. The monoisotopic (exact) mass is 442 g/mol. The number of hydrogen-bond donors (Lipinski definition) is 1. The van der Waals surface area contributed by atoms with Crippen LogP contribution in [0.15, 0.2) is 73.3 Å². The molecule has 2 amide bonds. The fourth-order valence-corrected chi connectivity index (χ4v) is 4.44. The van der Waals surface area contributed by atoms with Crippen LogP contribution in [0, 0.1) is 5.41 Å². The van der Waals surface area contributed by atoms with Gasteiger partial charge in [0, 0.05) is 43.9 Å². The number of carbonyl (C=O) groups excluding carboxylic acids is 2.